The molecule has 0 aromatic heterocycles. The summed E-state index contributed by atoms with van der Waals surface area (Å²) in [6.45, 7) is 1.60. The number of carboxylic acid groups (broad SMARTS) is 2. The van der Waals surface area contributed by atoms with E-state index in [1.54, 1.807) is 0 Å². The molecule has 0 atom stereocenters. The minimum atomic E-state index is -1.33. The summed E-state index contributed by atoms with van der Waals surface area (Å²) in [5.41, 5.74) is 0. The predicted octanol–water partition coefficient (Wildman–Crippen LogP) is -0.262. The Bertz CT molecular complexity index is 245. The molecule has 0 radical (unpaired) electrons. The molecule has 0 saturated heterocycles. The van der Waals surface area contributed by atoms with Gasteiger partial charge in [0.15, 0.2) is 0 Å². The zero-order valence-corrected chi connectivity index (χ0v) is 7.17. The van der Waals surface area contributed by atoms with Crippen LogP contribution in [-0.4, -0.2) is 46.2 Å². The van der Waals surface area contributed by atoms with E-state index in [0.717, 1.165) is 6.26 Å². The highest BCUT2D eigenvalue weighted by molar-refractivity contribution is 5.81. The molecule has 0 spiro atoms. The Kier molecular flexibility index (Phi) is 4.76. The highest BCUT2D eigenvalue weighted by Gasteiger charge is 2.20. The standard InChI is InChI=1S/C7H9NO6/c1-2-14-7(13)8(3-5(9)10)4-6(11)12/h2H,1,3-4H2,(H,9,10)(H,11,12). The van der Waals surface area contributed by atoms with Gasteiger partial charge in [-0.15, -0.1) is 0 Å². The Morgan fingerprint density at radius 3 is 1.93 bits per heavy atom. The Labute approximate surface area is 79.2 Å². The SMILES string of the molecule is C=COC(=O)N(CC(=O)O)CC(=O)O. The minimum absolute atomic E-state index is 0.520. The van der Waals surface area contributed by atoms with Gasteiger partial charge in [-0.25, -0.2) is 4.79 Å². The number of hydrogen-bond donors (Lipinski definition) is 2. The molecule has 7 nitrogen and oxygen atoms in total. The van der Waals surface area contributed by atoms with E-state index >= 15 is 0 Å². The topological polar surface area (TPSA) is 104 Å². The van der Waals surface area contributed by atoms with Gasteiger partial charge in [0.2, 0.25) is 0 Å². The van der Waals surface area contributed by atoms with Crippen molar-refractivity contribution in [3.05, 3.63) is 12.8 Å². The molecular weight excluding hydrogens is 194 g/mol. The van der Waals surface area contributed by atoms with Gasteiger partial charge >= 0.3 is 18.0 Å². The molecule has 0 bridgehead atoms. The van der Waals surface area contributed by atoms with Crippen molar-refractivity contribution in [3.63, 3.8) is 0 Å². The highest BCUT2D eigenvalue weighted by Crippen LogP contribution is 1.94. The molecule has 1 amide bonds. The van der Waals surface area contributed by atoms with Gasteiger partial charge in [-0.3, -0.25) is 14.5 Å². The first kappa shape index (κ1) is 11.9. The van der Waals surface area contributed by atoms with Crippen LogP contribution < -0.4 is 0 Å². The van der Waals surface area contributed by atoms with Gasteiger partial charge in [-0.1, -0.05) is 6.58 Å². The van der Waals surface area contributed by atoms with E-state index in [-0.39, 0.29) is 0 Å². The van der Waals surface area contributed by atoms with Crippen LogP contribution in [0.4, 0.5) is 4.79 Å². The quantitative estimate of drug-likeness (QED) is 0.596. The zero-order chi connectivity index (χ0) is 11.1. The Balaban J connectivity index is 4.36. The molecule has 0 fully saturated rings. The average molecular weight is 203 g/mol. The molecule has 14 heavy (non-hydrogen) atoms. The molecule has 2 N–H and O–H groups in total. The first-order chi connectivity index (χ1) is 6.47. The molecule has 0 aliphatic heterocycles. The smallest absolute Gasteiger partial charge is 0.415 e. The maximum Gasteiger partial charge on any atom is 0.415 e. The van der Waals surface area contributed by atoms with E-state index in [0.29, 0.717) is 4.90 Å². The van der Waals surface area contributed by atoms with Gasteiger partial charge in [0.1, 0.15) is 13.1 Å². The third-order valence-corrected chi connectivity index (χ3v) is 1.09. The summed E-state index contributed by atoms with van der Waals surface area (Å²) in [6, 6.07) is 0. The first-order valence-corrected chi connectivity index (χ1v) is 3.47. The molecule has 78 valence electrons. The second kappa shape index (κ2) is 5.57. The summed E-state index contributed by atoms with van der Waals surface area (Å²) >= 11 is 0. The van der Waals surface area contributed by atoms with Crippen LogP contribution in [0.2, 0.25) is 0 Å². The van der Waals surface area contributed by atoms with Crippen molar-refractivity contribution in [2.45, 2.75) is 0 Å². The van der Waals surface area contributed by atoms with Crippen LogP contribution >= 0.6 is 0 Å². The average Bonchev–Trinajstić information content (AvgIpc) is 2.01. The molecule has 0 heterocycles. The number of carbonyl (C=O) groups excluding carboxylic acids is 1. The number of rotatable bonds is 5. The van der Waals surface area contributed by atoms with Crippen molar-refractivity contribution in [2.24, 2.45) is 0 Å². The van der Waals surface area contributed by atoms with Crippen LogP contribution in [0.1, 0.15) is 0 Å². The maximum atomic E-state index is 10.9. The van der Waals surface area contributed by atoms with Crippen molar-refractivity contribution in [1.82, 2.24) is 4.90 Å². The van der Waals surface area contributed by atoms with Crippen LogP contribution in [0.5, 0.6) is 0 Å². The van der Waals surface area contributed by atoms with Crippen molar-refractivity contribution in [1.29, 1.82) is 0 Å². The molecule has 0 aromatic rings. The van der Waals surface area contributed by atoms with Crippen LogP contribution in [-0.2, 0) is 14.3 Å². The largest absolute Gasteiger partial charge is 0.480 e. The minimum Gasteiger partial charge on any atom is -0.480 e. The number of hydrogen-bond acceptors (Lipinski definition) is 4. The number of carboxylic acids is 2. The van der Waals surface area contributed by atoms with Gasteiger partial charge in [0.25, 0.3) is 0 Å². The van der Waals surface area contributed by atoms with E-state index < -0.39 is 31.1 Å². The number of nitrogens with zero attached hydrogens (tertiary/aromatic N) is 1. The lowest BCUT2D eigenvalue weighted by Gasteiger charge is -2.15. The Hall–Kier alpha value is -2.05. The van der Waals surface area contributed by atoms with E-state index in [1.807, 2.05) is 0 Å². The molecule has 0 aliphatic carbocycles. The molecule has 0 unspecified atom stereocenters. The third kappa shape index (κ3) is 4.75. The van der Waals surface area contributed by atoms with Gasteiger partial charge in [-0.2, -0.15) is 0 Å². The van der Waals surface area contributed by atoms with Gasteiger partial charge in [-0.05, 0) is 0 Å². The summed E-state index contributed by atoms with van der Waals surface area (Å²) < 4.78 is 4.23. The monoisotopic (exact) mass is 203 g/mol. The number of aliphatic carboxylic acids is 2. The molecule has 0 rings (SSSR count). The molecule has 7 heteroatoms. The van der Waals surface area contributed by atoms with Crippen LogP contribution in [0.15, 0.2) is 12.8 Å². The van der Waals surface area contributed by atoms with E-state index in [1.165, 1.54) is 0 Å². The van der Waals surface area contributed by atoms with Crippen LogP contribution in [0.3, 0.4) is 0 Å². The van der Waals surface area contributed by atoms with Crippen molar-refractivity contribution in [2.75, 3.05) is 13.1 Å². The number of carbonyl (C=O) groups is 3. The van der Waals surface area contributed by atoms with Crippen LogP contribution in [0.25, 0.3) is 0 Å². The summed E-state index contributed by atoms with van der Waals surface area (Å²) in [4.78, 5) is 31.9. The highest BCUT2D eigenvalue weighted by atomic mass is 16.5. The van der Waals surface area contributed by atoms with Crippen LogP contribution in [0, 0.1) is 0 Å². The summed E-state index contributed by atoms with van der Waals surface area (Å²) in [7, 11) is 0. The predicted molar refractivity (Wildman–Crippen MR) is 43.5 cm³/mol. The fourth-order valence-electron chi connectivity index (χ4n) is 0.657. The molecule has 0 aromatic carbocycles. The Morgan fingerprint density at radius 2 is 1.64 bits per heavy atom. The van der Waals surface area contributed by atoms with E-state index in [4.69, 9.17) is 10.2 Å². The van der Waals surface area contributed by atoms with E-state index in [9.17, 15) is 14.4 Å². The van der Waals surface area contributed by atoms with Gasteiger partial charge in [0, 0.05) is 0 Å². The Morgan fingerprint density at radius 1 is 1.21 bits per heavy atom. The lowest BCUT2D eigenvalue weighted by molar-refractivity contribution is -0.141. The number of ether oxygens (including phenoxy) is 1. The number of amides is 1. The fourth-order valence-corrected chi connectivity index (χ4v) is 0.657. The normalized spacial score (nSPS) is 8.86. The van der Waals surface area contributed by atoms with Crippen molar-refractivity contribution in [3.8, 4) is 0 Å². The first-order valence-electron chi connectivity index (χ1n) is 3.47. The summed E-state index contributed by atoms with van der Waals surface area (Å²) in [5.74, 6) is -2.65. The summed E-state index contributed by atoms with van der Waals surface area (Å²) in [6.07, 6.45) is -0.274. The zero-order valence-electron chi connectivity index (χ0n) is 7.17. The van der Waals surface area contributed by atoms with Crippen molar-refractivity contribution >= 4 is 18.0 Å². The van der Waals surface area contributed by atoms with E-state index in [2.05, 4.69) is 11.3 Å². The van der Waals surface area contributed by atoms with Crippen molar-refractivity contribution < 1.29 is 29.3 Å². The van der Waals surface area contributed by atoms with Gasteiger partial charge in [0.05, 0.1) is 6.26 Å². The lowest BCUT2D eigenvalue weighted by Crippen LogP contribution is -2.39. The second-order valence-corrected chi connectivity index (χ2v) is 2.19. The molecule has 0 aliphatic rings. The molecular formula is C7H9NO6. The fraction of sp³-hybridized carbons (Fsp3) is 0.286. The maximum absolute atomic E-state index is 10.9. The van der Waals surface area contributed by atoms with Gasteiger partial charge < -0.3 is 14.9 Å². The summed E-state index contributed by atoms with van der Waals surface area (Å²) in [5, 5.41) is 16.7. The second-order valence-electron chi connectivity index (χ2n) is 2.19. The third-order valence-electron chi connectivity index (χ3n) is 1.09. The molecule has 0 saturated carbocycles. The lowest BCUT2D eigenvalue weighted by atomic mass is 10.5.